The fourth-order valence-corrected chi connectivity index (χ4v) is 3.74. The number of hydrogen-bond donors (Lipinski definition) is 1. The van der Waals surface area contributed by atoms with Gasteiger partial charge in [-0.15, -0.1) is 0 Å². The molecule has 3 rings (SSSR count). The quantitative estimate of drug-likeness (QED) is 0.886. The number of likely N-dealkylation sites (tertiary alicyclic amines) is 1. The highest BCUT2D eigenvalue weighted by molar-refractivity contribution is 5.80. The molecule has 1 aliphatic carbocycles. The third-order valence-electron chi connectivity index (χ3n) is 4.70. The van der Waals surface area contributed by atoms with E-state index in [1.54, 1.807) is 0 Å². The molecule has 1 aliphatic heterocycles. The van der Waals surface area contributed by atoms with Crippen molar-refractivity contribution in [1.29, 1.82) is 0 Å². The Morgan fingerprint density at radius 2 is 2.00 bits per heavy atom. The van der Waals surface area contributed by atoms with Crippen molar-refractivity contribution >= 4 is 5.91 Å². The predicted molar refractivity (Wildman–Crippen MR) is 73.5 cm³/mol. The predicted octanol–water partition coefficient (Wildman–Crippen LogP) is 2.51. The Morgan fingerprint density at radius 3 is 2.74 bits per heavy atom. The molecule has 1 aromatic rings. The lowest BCUT2D eigenvalue weighted by Crippen LogP contribution is -2.46. The number of aliphatic hydroxyl groups is 1. The molecular weight excluding hydrogens is 238 g/mol. The van der Waals surface area contributed by atoms with Crippen molar-refractivity contribution < 1.29 is 9.90 Å². The first-order valence-electron chi connectivity index (χ1n) is 7.22. The largest absolute Gasteiger partial charge is 0.391 e. The van der Waals surface area contributed by atoms with Crippen LogP contribution in [0.3, 0.4) is 0 Å². The average molecular weight is 259 g/mol. The fraction of sp³-hybridized carbons (Fsp3) is 0.562. The van der Waals surface area contributed by atoms with Crippen LogP contribution in [0, 0.1) is 5.92 Å². The van der Waals surface area contributed by atoms with Crippen LogP contribution in [0.5, 0.6) is 0 Å². The van der Waals surface area contributed by atoms with Gasteiger partial charge in [0, 0.05) is 6.42 Å². The van der Waals surface area contributed by atoms with Gasteiger partial charge >= 0.3 is 0 Å². The summed E-state index contributed by atoms with van der Waals surface area (Å²) in [4.78, 5) is 14.3. The van der Waals surface area contributed by atoms with Crippen molar-refractivity contribution in [2.45, 2.75) is 50.8 Å². The minimum absolute atomic E-state index is 0.0245. The zero-order valence-corrected chi connectivity index (χ0v) is 11.3. The van der Waals surface area contributed by atoms with Crippen LogP contribution in [0.25, 0.3) is 0 Å². The van der Waals surface area contributed by atoms with Crippen molar-refractivity contribution in [3.05, 3.63) is 35.9 Å². The topological polar surface area (TPSA) is 40.5 Å². The molecule has 1 heterocycles. The summed E-state index contributed by atoms with van der Waals surface area (Å²) in [7, 11) is 0. The maximum atomic E-state index is 12.3. The third kappa shape index (κ3) is 2.16. The first-order valence-corrected chi connectivity index (χ1v) is 7.22. The molecule has 3 nitrogen and oxygen atoms in total. The minimum atomic E-state index is -0.351. The van der Waals surface area contributed by atoms with E-state index in [9.17, 15) is 9.90 Å². The molecule has 1 aromatic carbocycles. The zero-order chi connectivity index (χ0) is 13.4. The molecule has 1 amide bonds. The normalized spacial score (nSPS) is 32.2. The Bertz CT molecular complexity index is 459. The van der Waals surface area contributed by atoms with Gasteiger partial charge in [-0.3, -0.25) is 4.79 Å². The molecule has 19 heavy (non-hydrogen) atoms. The second kappa shape index (κ2) is 4.97. The number of amides is 1. The molecule has 0 aromatic heterocycles. The molecule has 102 valence electrons. The summed E-state index contributed by atoms with van der Waals surface area (Å²) in [5.41, 5.74) is 1.15. The number of carbonyl (C=O) groups is 1. The van der Waals surface area contributed by atoms with E-state index in [1.165, 1.54) is 0 Å². The molecule has 4 atom stereocenters. The van der Waals surface area contributed by atoms with E-state index in [1.807, 2.05) is 23.1 Å². The van der Waals surface area contributed by atoms with Crippen molar-refractivity contribution in [1.82, 2.24) is 4.90 Å². The van der Waals surface area contributed by atoms with Crippen LogP contribution in [0.1, 0.15) is 44.2 Å². The van der Waals surface area contributed by atoms with E-state index < -0.39 is 0 Å². The summed E-state index contributed by atoms with van der Waals surface area (Å²) in [5, 5.41) is 10.3. The van der Waals surface area contributed by atoms with E-state index >= 15 is 0 Å². The van der Waals surface area contributed by atoms with Crippen LogP contribution >= 0.6 is 0 Å². The summed E-state index contributed by atoms with van der Waals surface area (Å²) in [6, 6.07) is 10.2. The van der Waals surface area contributed by atoms with E-state index in [-0.39, 0.29) is 24.1 Å². The molecule has 0 unspecified atom stereocenters. The SMILES string of the molecule is C[C@@H](c1ccccc1)N1C(=O)C[C@H]2CCC[C@@H](O)[C@H]21. The highest BCUT2D eigenvalue weighted by Crippen LogP contribution is 2.41. The van der Waals surface area contributed by atoms with E-state index in [4.69, 9.17) is 0 Å². The Morgan fingerprint density at radius 1 is 1.26 bits per heavy atom. The van der Waals surface area contributed by atoms with Crippen LogP contribution < -0.4 is 0 Å². The van der Waals surface area contributed by atoms with Gasteiger partial charge in [-0.05, 0) is 31.2 Å². The fourth-order valence-electron chi connectivity index (χ4n) is 3.74. The zero-order valence-electron chi connectivity index (χ0n) is 11.3. The van der Waals surface area contributed by atoms with Gasteiger partial charge in [0.25, 0.3) is 0 Å². The molecule has 1 N–H and O–H groups in total. The van der Waals surface area contributed by atoms with Gasteiger partial charge in [0.15, 0.2) is 0 Å². The van der Waals surface area contributed by atoms with E-state index in [2.05, 4.69) is 19.1 Å². The standard InChI is InChI=1S/C16H21NO2/c1-11(12-6-3-2-4-7-12)17-15(19)10-13-8-5-9-14(18)16(13)17/h2-4,6-7,11,13-14,16,18H,5,8-10H2,1H3/t11-,13+,14+,16-/m0/s1. The van der Waals surface area contributed by atoms with Gasteiger partial charge < -0.3 is 10.0 Å². The van der Waals surface area contributed by atoms with Crippen LogP contribution in [0.4, 0.5) is 0 Å². The minimum Gasteiger partial charge on any atom is -0.391 e. The first kappa shape index (κ1) is 12.7. The van der Waals surface area contributed by atoms with E-state index in [0.717, 1.165) is 24.8 Å². The Balaban J connectivity index is 1.88. The van der Waals surface area contributed by atoms with Gasteiger partial charge in [-0.1, -0.05) is 36.8 Å². The maximum absolute atomic E-state index is 12.3. The molecule has 1 saturated heterocycles. The Hall–Kier alpha value is -1.35. The summed E-state index contributed by atoms with van der Waals surface area (Å²) >= 11 is 0. The van der Waals surface area contributed by atoms with Gasteiger partial charge in [-0.25, -0.2) is 0 Å². The van der Waals surface area contributed by atoms with Crippen LogP contribution in [0.15, 0.2) is 30.3 Å². The number of fused-ring (bicyclic) bond motifs is 1. The summed E-state index contributed by atoms with van der Waals surface area (Å²) in [5.74, 6) is 0.551. The highest BCUT2D eigenvalue weighted by atomic mass is 16.3. The van der Waals surface area contributed by atoms with E-state index in [0.29, 0.717) is 12.3 Å². The first-order chi connectivity index (χ1) is 9.18. The van der Waals surface area contributed by atoms with Gasteiger partial charge in [0.1, 0.15) is 0 Å². The number of nitrogens with zero attached hydrogens (tertiary/aromatic N) is 1. The third-order valence-corrected chi connectivity index (χ3v) is 4.70. The molecule has 1 saturated carbocycles. The number of hydrogen-bond acceptors (Lipinski definition) is 2. The lowest BCUT2D eigenvalue weighted by molar-refractivity contribution is -0.133. The molecule has 0 radical (unpaired) electrons. The monoisotopic (exact) mass is 259 g/mol. The average Bonchev–Trinajstić information content (AvgIpc) is 2.76. The Kier molecular flexibility index (Phi) is 3.31. The molecular formula is C16H21NO2. The highest BCUT2D eigenvalue weighted by Gasteiger charge is 2.47. The smallest absolute Gasteiger partial charge is 0.223 e. The molecule has 2 aliphatic rings. The second-order valence-corrected chi connectivity index (χ2v) is 5.84. The van der Waals surface area contributed by atoms with Gasteiger partial charge in [-0.2, -0.15) is 0 Å². The number of aliphatic hydroxyl groups excluding tert-OH is 1. The second-order valence-electron chi connectivity index (χ2n) is 5.84. The lowest BCUT2D eigenvalue weighted by atomic mass is 9.82. The van der Waals surface area contributed by atoms with Crippen molar-refractivity contribution in [3.63, 3.8) is 0 Å². The van der Waals surface area contributed by atoms with Crippen LogP contribution in [0.2, 0.25) is 0 Å². The maximum Gasteiger partial charge on any atom is 0.223 e. The van der Waals surface area contributed by atoms with Crippen LogP contribution in [-0.4, -0.2) is 28.1 Å². The van der Waals surface area contributed by atoms with Gasteiger partial charge in [0.2, 0.25) is 5.91 Å². The summed E-state index contributed by atoms with van der Waals surface area (Å²) in [6.07, 6.45) is 3.20. The lowest BCUT2D eigenvalue weighted by Gasteiger charge is -2.39. The molecule has 2 fully saturated rings. The molecule has 0 spiro atoms. The van der Waals surface area contributed by atoms with Crippen molar-refractivity contribution in [3.8, 4) is 0 Å². The van der Waals surface area contributed by atoms with Crippen molar-refractivity contribution in [2.75, 3.05) is 0 Å². The number of rotatable bonds is 2. The van der Waals surface area contributed by atoms with Crippen molar-refractivity contribution in [2.24, 2.45) is 5.92 Å². The number of carbonyl (C=O) groups excluding carboxylic acids is 1. The van der Waals surface area contributed by atoms with Gasteiger partial charge in [0.05, 0.1) is 18.2 Å². The number of benzene rings is 1. The van der Waals surface area contributed by atoms with Crippen LogP contribution in [-0.2, 0) is 4.79 Å². The molecule has 3 heteroatoms. The summed E-state index contributed by atoms with van der Waals surface area (Å²) in [6.45, 7) is 2.07. The summed E-state index contributed by atoms with van der Waals surface area (Å²) < 4.78 is 0. The molecule has 0 bridgehead atoms. The Labute approximate surface area is 114 Å².